The third-order valence-corrected chi connectivity index (χ3v) is 9.91. The number of hydrogen-bond donors (Lipinski definition) is 2. The van der Waals surface area contributed by atoms with Gasteiger partial charge in [-0.3, -0.25) is 0 Å². The lowest BCUT2D eigenvalue weighted by Gasteiger charge is -2.35. The molecule has 0 bridgehead atoms. The van der Waals surface area contributed by atoms with Gasteiger partial charge in [-0.15, -0.1) is 0 Å². The van der Waals surface area contributed by atoms with Crippen LogP contribution in [0.15, 0.2) is 47.5 Å². The zero-order valence-corrected chi connectivity index (χ0v) is 25.7. The average Bonchev–Trinajstić information content (AvgIpc) is 2.92. The number of halogens is 1. The van der Waals surface area contributed by atoms with Gasteiger partial charge >= 0.3 is 0 Å². The van der Waals surface area contributed by atoms with Gasteiger partial charge in [-0.1, -0.05) is 23.7 Å². The number of piperidine rings is 1. The molecule has 0 atom stereocenters. The number of nitrogens with one attached hydrogen (secondary N) is 2. The zero-order valence-electron chi connectivity index (χ0n) is 24.2. The molecule has 4 rings (SSSR count). The smallest absolute Gasteiger partial charge is 0.229 e. The monoisotopic (exact) mass is 585 g/mol. The molecule has 0 radical (unpaired) electrons. The summed E-state index contributed by atoms with van der Waals surface area (Å²) in [6.07, 6.45) is 3.74. The SMILES string of the molecule is CCOc1cc(C2CCN(C(C)C)CC2)c(C)cc1Nc1ncc(Cl)c(Nc2ccccc2S(=O)(=O)C(C)C)n1. The number of para-hydroxylation sites is 1. The Balaban J connectivity index is 1.61. The second-order valence-corrected chi connectivity index (χ2v) is 13.7. The van der Waals surface area contributed by atoms with Crippen molar-refractivity contribution >= 4 is 44.6 Å². The Bertz CT molecular complexity index is 1440. The van der Waals surface area contributed by atoms with Crippen molar-refractivity contribution < 1.29 is 13.2 Å². The molecule has 1 saturated heterocycles. The van der Waals surface area contributed by atoms with Crippen molar-refractivity contribution in [3.8, 4) is 5.75 Å². The van der Waals surface area contributed by atoms with Crippen LogP contribution < -0.4 is 15.4 Å². The molecule has 2 aromatic carbocycles. The van der Waals surface area contributed by atoms with E-state index < -0.39 is 15.1 Å². The largest absolute Gasteiger partial charge is 0.492 e. The first-order valence-corrected chi connectivity index (χ1v) is 15.8. The number of rotatable bonds is 10. The van der Waals surface area contributed by atoms with Gasteiger partial charge in [0.25, 0.3) is 0 Å². The van der Waals surface area contributed by atoms with Crippen LogP contribution in [-0.2, 0) is 9.84 Å². The molecule has 3 aromatic rings. The van der Waals surface area contributed by atoms with E-state index in [0.29, 0.717) is 36.0 Å². The topological polar surface area (TPSA) is 96.5 Å². The molecule has 216 valence electrons. The summed E-state index contributed by atoms with van der Waals surface area (Å²) in [6, 6.07) is 11.5. The Morgan fingerprint density at radius 3 is 2.42 bits per heavy atom. The second kappa shape index (κ2) is 12.7. The molecular formula is C30H40ClN5O3S. The lowest BCUT2D eigenvalue weighted by Crippen LogP contribution is -2.37. The lowest BCUT2D eigenvalue weighted by atomic mass is 9.86. The summed E-state index contributed by atoms with van der Waals surface area (Å²) in [6.45, 7) is 14.6. The molecule has 0 amide bonds. The number of anilines is 4. The number of sulfone groups is 1. The van der Waals surface area contributed by atoms with Gasteiger partial charge < -0.3 is 20.3 Å². The highest BCUT2D eigenvalue weighted by Crippen LogP contribution is 2.38. The van der Waals surface area contributed by atoms with E-state index in [1.54, 1.807) is 38.1 Å². The van der Waals surface area contributed by atoms with E-state index in [1.165, 1.54) is 17.3 Å². The van der Waals surface area contributed by atoms with Crippen molar-refractivity contribution in [2.45, 2.75) is 76.5 Å². The Hall–Kier alpha value is -2.88. The fourth-order valence-corrected chi connectivity index (χ4v) is 6.42. The van der Waals surface area contributed by atoms with Crippen LogP contribution in [0, 0.1) is 6.92 Å². The van der Waals surface area contributed by atoms with Gasteiger partial charge in [0.2, 0.25) is 5.95 Å². The number of benzene rings is 2. The van der Waals surface area contributed by atoms with Gasteiger partial charge in [-0.25, -0.2) is 13.4 Å². The van der Waals surface area contributed by atoms with Crippen molar-refractivity contribution in [2.75, 3.05) is 30.3 Å². The highest BCUT2D eigenvalue weighted by molar-refractivity contribution is 7.92. The number of ether oxygens (including phenoxy) is 1. The molecule has 0 saturated carbocycles. The van der Waals surface area contributed by atoms with Gasteiger partial charge in [0, 0.05) is 6.04 Å². The summed E-state index contributed by atoms with van der Waals surface area (Å²) in [7, 11) is -3.52. The Morgan fingerprint density at radius 1 is 1.07 bits per heavy atom. The molecule has 1 aliphatic rings. The molecule has 1 aromatic heterocycles. The summed E-state index contributed by atoms with van der Waals surface area (Å²) < 4.78 is 31.9. The third kappa shape index (κ3) is 6.70. The number of nitrogens with zero attached hydrogens (tertiary/aromatic N) is 3. The molecule has 0 aliphatic carbocycles. The number of aryl methyl sites for hydroxylation is 1. The van der Waals surface area contributed by atoms with Crippen LogP contribution in [0.1, 0.15) is 64.5 Å². The third-order valence-electron chi connectivity index (χ3n) is 7.43. The molecular weight excluding hydrogens is 546 g/mol. The Kier molecular flexibility index (Phi) is 9.59. The highest BCUT2D eigenvalue weighted by Gasteiger charge is 2.25. The minimum absolute atomic E-state index is 0.193. The normalized spacial score (nSPS) is 15.0. The summed E-state index contributed by atoms with van der Waals surface area (Å²) in [5, 5.41) is 6.10. The van der Waals surface area contributed by atoms with Crippen molar-refractivity contribution in [3.63, 3.8) is 0 Å². The molecule has 2 N–H and O–H groups in total. The van der Waals surface area contributed by atoms with Crippen LogP contribution in [0.2, 0.25) is 5.02 Å². The fourth-order valence-electron chi connectivity index (χ4n) is 5.08. The first kappa shape index (κ1) is 30.1. The van der Waals surface area contributed by atoms with E-state index in [2.05, 4.69) is 58.4 Å². The molecule has 8 nitrogen and oxygen atoms in total. The van der Waals surface area contributed by atoms with E-state index in [4.69, 9.17) is 16.3 Å². The maximum absolute atomic E-state index is 12.9. The maximum Gasteiger partial charge on any atom is 0.229 e. The maximum atomic E-state index is 12.9. The van der Waals surface area contributed by atoms with Gasteiger partial charge in [0.1, 0.15) is 10.8 Å². The predicted octanol–water partition coefficient (Wildman–Crippen LogP) is 7.09. The van der Waals surface area contributed by atoms with Gasteiger partial charge in [0.05, 0.1) is 34.3 Å². The van der Waals surface area contributed by atoms with Crippen LogP contribution in [0.5, 0.6) is 5.75 Å². The van der Waals surface area contributed by atoms with E-state index >= 15 is 0 Å². The molecule has 0 unspecified atom stereocenters. The number of likely N-dealkylation sites (tertiary alicyclic amines) is 1. The molecule has 1 aliphatic heterocycles. The van der Waals surface area contributed by atoms with E-state index in [1.807, 2.05) is 6.92 Å². The fraction of sp³-hybridized carbons (Fsp3) is 0.467. The summed E-state index contributed by atoms with van der Waals surface area (Å²) in [4.78, 5) is 11.7. The van der Waals surface area contributed by atoms with Crippen LogP contribution in [0.4, 0.5) is 23.1 Å². The minimum Gasteiger partial charge on any atom is -0.492 e. The van der Waals surface area contributed by atoms with Crippen molar-refractivity contribution in [3.05, 3.63) is 58.7 Å². The second-order valence-electron chi connectivity index (χ2n) is 10.8. The van der Waals surface area contributed by atoms with Crippen LogP contribution >= 0.6 is 11.6 Å². The summed E-state index contributed by atoms with van der Waals surface area (Å²) in [5.74, 6) is 1.85. The minimum atomic E-state index is -3.52. The molecule has 40 heavy (non-hydrogen) atoms. The first-order valence-electron chi connectivity index (χ1n) is 13.9. The number of aromatic nitrogens is 2. The quantitative estimate of drug-likeness (QED) is 0.260. The van der Waals surface area contributed by atoms with Crippen LogP contribution in [0.3, 0.4) is 0 Å². The average molecular weight is 586 g/mol. The van der Waals surface area contributed by atoms with Gasteiger partial charge in [-0.2, -0.15) is 4.98 Å². The van der Waals surface area contributed by atoms with Crippen molar-refractivity contribution in [1.82, 2.24) is 14.9 Å². The lowest BCUT2D eigenvalue weighted by molar-refractivity contribution is 0.171. The first-order chi connectivity index (χ1) is 19.0. The van der Waals surface area contributed by atoms with E-state index in [0.717, 1.165) is 37.4 Å². The predicted molar refractivity (Wildman–Crippen MR) is 163 cm³/mol. The van der Waals surface area contributed by atoms with Crippen molar-refractivity contribution in [2.24, 2.45) is 0 Å². The summed E-state index contributed by atoms with van der Waals surface area (Å²) >= 11 is 6.43. The standard InChI is InChI=1S/C30H40ClN5O3S/c1-7-39-27-17-23(22-12-14-36(15-13-22)19(2)3)21(6)16-26(27)34-30-32-18-24(31)29(35-30)33-25-10-8-9-11-28(25)40(37,38)20(4)5/h8-11,16-20,22H,7,12-15H2,1-6H3,(H2,32,33,34,35). The molecule has 1 fully saturated rings. The zero-order chi connectivity index (χ0) is 29.0. The molecule has 10 heteroatoms. The van der Waals surface area contributed by atoms with Crippen molar-refractivity contribution in [1.29, 1.82) is 0 Å². The van der Waals surface area contributed by atoms with Gasteiger partial charge in [0.15, 0.2) is 15.7 Å². The van der Waals surface area contributed by atoms with Crippen LogP contribution in [-0.4, -0.2) is 54.3 Å². The molecule has 2 heterocycles. The van der Waals surface area contributed by atoms with E-state index in [9.17, 15) is 8.42 Å². The Labute approximate surface area is 243 Å². The van der Waals surface area contributed by atoms with Crippen LogP contribution in [0.25, 0.3) is 0 Å². The summed E-state index contributed by atoms with van der Waals surface area (Å²) in [5.41, 5.74) is 3.68. The van der Waals surface area contributed by atoms with Gasteiger partial charge in [-0.05, 0) is 109 Å². The molecule has 0 spiro atoms. The highest BCUT2D eigenvalue weighted by atomic mass is 35.5. The number of hydrogen-bond acceptors (Lipinski definition) is 8. The Morgan fingerprint density at radius 2 is 1.77 bits per heavy atom. The van der Waals surface area contributed by atoms with E-state index in [-0.39, 0.29) is 9.92 Å².